The van der Waals surface area contributed by atoms with E-state index in [1.165, 1.54) is 17.0 Å². The minimum Gasteiger partial charge on any atom is -0.512 e. The van der Waals surface area contributed by atoms with E-state index in [0.717, 1.165) is 76.7 Å². The predicted octanol–water partition coefficient (Wildman–Crippen LogP) is 12.0. The first kappa shape index (κ1) is 41.7. The second-order valence-corrected chi connectivity index (χ2v) is 15.5. The number of aliphatic hydroxyl groups is 1. The van der Waals surface area contributed by atoms with Gasteiger partial charge in [0.25, 0.3) is 0 Å². The molecule has 0 saturated carbocycles. The summed E-state index contributed by atoms with van der Waals surface area (Å²) >= 11 is 0. The quantitative estimate of drug-likeness (QED) is 0.0808. The number of pyridine rings is 1. The van der Waals surface area contributed by atoms with E-state index in [0.29, 0.717) is 5.92 Å². The second-order valence-electron chi connectivity index (χ2n) is 15.5. The van der Waals surface area contributed by atoms with Crippen molar-refractivity contribution < 1.29 is 34.4 Å². The average molecular weight is 867 g/mol. The molecule has 1 N–H and O–H groups in total. The predicted molar refractivity (Wildman–Crippen MR) is 207 cm³/mol. The van der Waals surface area contributed by atoms with Crippen molar-refractivity contribution in [2.24, 2.45) is 16.7 Å². The Bertz CT molecular complexity index is 1960. The van der Waals surface area contributed by atoms with E-state index in [1.807, 2.05) is 60.0 Å². The maximum atomic E-state index is 12.2. The number of rotatable bonds is 11. The Morgan fingerprint density at radius 3 is 2.12 bits per heavy atom. The first-order chi connectivity index (χ1) is 23.6. The number of aromatic nitrogens is 3. The van der Waals surface area contributed by atoms with Crippen LogP contribution >= 0.6 is 0 Å². The third-order valence-corrected chi connectivity index (χ3v) is 10.5. The van der Waals surface area contributed by atoms with Crippen molar-refractivity contribution in [3.8, 4) is 22.5 Å². The Labute approximate surface area is 319 Å². The molecule has 5 rings (SSSR count). The summed E-state index contributed by atoms with van der Waals surface area (Å²) in [5.41, 5.74) is 4.96. The van der Waals surface area contributed by atoms with Crippen LogP contribution in [0.4, 0.5) is 0 Å². The Balaban J connectivity index is 0.000000335. The molecule has 1 radical (unpaired) electrons. The van der Waals surface area contributed by atoms with Crippen LogP contribution in [0.1, 0.15) is 113 Å². The Hall–Kier alpha value is -3.67. The van der Waals surface area contributed by atoms with Gasteiger partial charge in [-0.2, -0.15) is 0 Å². The van der Waals surface area contributed by atoms with Gasteiger partial charge in [-0.25, -0.2) is 4.98 Å². The Morgan fingerprint density at radius 2 is 1.51 bits per heavy atom. The van der Waals surface area contributed by atoms with Gasteiger partial charge >= 0.3 is 0 Å². The van der Waals surface area contributed by atoms with Crippen LogP contribution in [-0.2, 0) is 36.7 Å². The number of nitrogens with zero attached hydrogens (tertiary/aromatic N) is 3. The van der Waals surface area contributed by atoms with E-state index in [1.54, 1.807) is 6.33 Å². The molecule has 0 unspecified atom stereocenters. The molecule has 7 heteroatoms. The fourth-order valence-corrected chi connectivity index (χ4v) is 6.02. The summed E-state index contributed by atoms with van der Waals surface area (Å²) in [6, 6.07) is 18.3. The summed E-state index contributed by atoms with van der Waals surface area (Å²) in [5.74, 6) is 1.78. The molecule has 0 amide bonds. The maximum absolute atomic E-state index is 12.2. The first-order valence-electron chi connectivity index (χ1n) is 18.2. The van der Waals surface area contributed by atoms with E-state index in [2.05, 4.69) is 92.0 Å². The largest absolute Gasteiger partial charge is 0.512 e. The van der Waals surface area contributed by atoms with E-state index in [-0.39, 0.29) is 47.9 Å². The summed E-state index contributed by atoms with van der Waals surface area (Å²) in [4.78, 5) is 25.8. The van der Waals surface area contributed by atoms with Crippen LogP contribution in [0.25, 0.3) is 44.3 Å². The zero-order valence-corrected chi connectivity index (χ0v) is 34.8. The van der Waals surface area contributed by atoms with Crippen LogP contribution in [0.15, 0.2) is 77.4 Å². The number of fused-ring (bicyclic) bond motifs is 2. The number of ketones is 1. The first-order valence-corrected chi connectivity index (χ1v) is 18.2. The molecule has 0 bridgehead atoms. The van der Waals surface area contributed by atoms with Crippen LogP contribution in [-0.4, -0.2) is 25.8 Å². The fraction of sp³-hybridized carbons (Fsp3) is 0.455. The molecular formula is C44H56IrN3O3-. The van der Waals surface area contributed by atoms with Crippen molar-refractivity contribution in [2.75, 3.05) is 0 Å². The van der Waals surface area contributed by atoms with E-state index < -0.39 is 0 Å². The zero-order valence-electron chi connectivity index (χ0n) is 32.4. The number of benzene rings is 2. The summed E-state index contributed by atoms with van der Waals surface area (Å²) < 4.78 is 6.22. The van der Waals surface area contributed by atoms with Crippen LogP contribution in [0, 0.1) is 22.8 Å². The van der Waals surface area contributed by atoms with Gasteiger partial charge in [-0.1, -0.05) is 105 Å². The smallest absolute Gasteiger partial charge is 0.164 e. The molecule has 0 spiro atoms. The van der Waals surface area contributed by atoms with Crippen molar-refractivity contribution in [1.29, 1.82) is 0 Å². The molecule has 3 heterocycles. The third-order valence-electron chi connectivity index (χ3n) is 10.5. The van der Waals surface area contributed by atoms with Crippen molar-refractivity contribution in [1.82, 2.24) is 15.0 Å². The second kappa shape index (κ2) is 17.2. The molecule has 0 aliphatic heterocycles. The molecule has 51 heavy (non-hydrogen) atoms. The molecular weight excluding hydrogens is 811 g/mol. The third kappa shape index (κ3) is 9.61. The molecule has 5 aromatic rings. The molecule has 0 fully saturated rings. The van der Waals surface area contributed by atoms with E-state index >= 15 is 0 Å². The van der Waals surface area contributed by atoms with Gasteiger partial charge < -0.3 is 9.52 Å². The van der Waals surface area contributed by atoms with Gasteiger partial charge in [0, 0.05) is 66.9 Å². The summed E-state index contributed by atoms with van der Waals surface area (Å²) in [6.07, 6.45) is 10.9. The van der Waals surface area contributed by atoms with E-state index in [9.17, 15) is 9.90 Å². The minimum absolute atomic E-state index is 0. The number of carbonyl (C=O) groups excluding carboxylic acids is 1. The van der Waals surface area contributed by atoms with Crippen molar-refractivity contribution >= 4 is 27.5 Å². The Morgan fingerprint density at radius 1 is 0.882 bits per heavy atom. The van der Waals surface area contributed by atoms with Crippen LogP contribution in [0.3, 0.4) is 0 Å². The van der Waals surface area contributed by atoms with Gasteiger partial charge in [-0.3, -0.25) is 14.8 Å². The number of hydrogen-bond donors (Lipinski definition) is 1. The van der Waals surface area contributed by atoms with Gasteiger partial charge in [0.05, 0.1) is 11.3 Å². The summed E-state index contributed by atoms with van der Waals surface area (Å²) in [6.45, 7) is 23.2. The Kier molecular flexibility index (Phi) is 14.1. The topological polar surface area (TPSA) is 89.1 Å². The number of furan rings is 1. The zero-order chi connectivity index (χ0) is 36.9. The summed E-state index contributed by atoms with van der Waals surface area (Å²) in [5, 5.41) is 13.4. The molecule has 6 nitrogen and oxygen atoms in total. The molecule has 3 aromatic heterocycles. The number of hydrogen-bond acceptors (Lipinski definition) is 6. The van der Waals surface area contributed by atoms with Gasteiger partial charge in [-0.15, -0.1) is 29.1 Å². The van der Waals surface area contributed by atoms with Crippen molar-refractivity contribution in [3.05, 3.63) is 90.4 Å². The van der Waals surface area contributed by atoms with E-state index in [4.69, 9.17) is 4.42 Å². The van der Waals surface area contributed by atoms with Crippen molar-refractivity contribution in [2.45, 2.75) is 114 Å². The summed E-state index contributed by atoms with van der Waals surface area (Å²) in [7, 11) is 0. The van der Waals surface area contributed by atoms with Crippen LogP contribution < -0.4 is 0 Å². The maximum Gasteiger partial charge on any atom is 0.164 e. The van der Waals surface area contributed by atoms with Gasteiger partial charge in [-0.05, 0) is 49.1 Å². The van der Waals surface area contributed by atoms with Gasteiger partial charge in [0.1, 0.15) is 23.4 Å². The molecule has 0 aliphatic rings. The fourth-order valence-electron chi connectivity index (χ4n) is 6.02. The number of carbonyl (C=O) groups is 1. The molecule has 275 valence electrons. The van der Waals surface area contributed by atoms with Gasteiger partial charge in [0.2, 0.25) is 0 Å². The molecule has 0 aliphatic carbocycles. The monoisotopic (exact) mass is 867 g/mol. The van der Waals surface area contributed by atoms with Gasteiger partial charge in [0.15, 0.2) is 5.78 Å². The average Bonchev–Trinajstić information content (AvgIpc) is 3.52. The van der Waals surface area contributed by atoms with Crippen LogP contribution in [0.2, 0.25) is 0 Å². The minimum atomic E-state index is -0.337. The number of allylic oxidation sites excluding steroid dienone is 2. The van der Waals surface area contributed by atoms with Crippen LogP contribution in [0.5, 0.6) is 0 Å². The number of aliphatic hydroxyl groups excluding tert-OH is 1. The molecule has 0 atom stereocenters. The normalized spacial score (nSPS) is 12.5. The molecule has 2 aromatic carbocycles. The SMILES string of the molecule is CC(C)Cc1cc2cncc(-c3cc(-c4[c-]c5ccccc5c(C(C)(C)C)c4)ncn3)c2o1.CCC(C)(CC)C(=O)/C=C(\O)C(C)(CC)CC.[Ir]. The standard InChI is InChI=1S/C29H28N3O.C15H28O2.Ir/c1-18(2)10-22-12-21-15-30-16-24(28(21)33-22)27-14-26(31-17-32-27)20-11-19-8-6-7-9-23(19)25(13-20)29(3,4)5;1-7-14(5,8-2)12(16)11-13(17)15(6,9-3)10-4;/h6-9,12-18H,10H2,1-5H3;11,16H,7-10H2,1-6H3;/q-1;;/b;12-11-;. The molecule has 0 saturated heterocycles. The van der Waals surface area contributed by atoms with Crippen molar-refractivity contribution in [3.63, 3.8) is 0 Å².